The lowest BCUT2D eigenvalue weighted by molar-refractivity contribution is -0.191. The number of benzene rings is 1. The second-order valence-corrected chi connectivity index (χ2v) is 6.28. The van der Waals surface area contributed by atoms with Crippen LogP contribution in [-0.2, 0) is 22.6 Å². The van der Waals surface area contributed by atoms with Gasteiger partial charge in [0.05, 0.1) is 11.3 Å². The second-order valence-electron chi connectivity index (χ2n) is 5.84. The Hall–Kier alpha value is -3.35. The van der Waals surface area contributed by atoms with Crippen LogP contribution in [-0.4, -0.2) is 30.5 Å². The molecule has 0 bridgehead atoms. The van der Waals surface area contributed by atoms with E-state index in [0.29, 0.717) is 28.2 Å². The van der Waals surface area contributed by atoms with E-state index in [1.165, 1.54) is 0 Å². The number of halogens is 1. The van der Waals surface area contributed by atoms with E-state index < -0.39 is 0 Å². The summed E-state index contributed by atoms with van der Waals surface area (Å²) >= 11 is 6.00. The molecule has 0 fully saturated rings. The number of pyridine rings is 1. The van der Waals surface area contributed by atoms with Gasteiger partial charge < -0.3 is 4.57 Å². The molecule has 0 saturated carbocycles. The molecule has 0 spiro atoms. The first-order valence-corrected chi connectivity index (χ1v) is 8.96. The van der Waals surface area contributed by atoms with Gasteiger partial charge in [0.2, 0.25) is 0 Å². The molecule has 0 N–H and O–H groups in total. The highest BCUT2D eigenvalue weighted by atomic mass is 35.5. The van der Waals surface area contributed by atoms with Crippen LogP contribution >= 0.6 is 11.6 Å². The highest BCUT2D eigenvalue weighted by molar-refractivity contribution is 6.30. The van der Waals surface area contributed by atoms with Crippen molar-refractivity contribution in [2.24, 2.45) is 0 Å². The molecule has 28 heavy (non-hydrogen) atoms. The molecule has 8 nitrogen and oxygen atoms in total. The maximum Gasteiger partial charge on any atom is 0.373 e. The van der Waals surface area contributed by atoms with E-state index in [1.54, 1.807) is 15.3 Å². The number of aromatic nitrogens is 5. The average Bonchev–Trinajstić information content (AvgIpc) is 3.08. The van der Waals surface area contributed by atoms with Gasteiger partial charge in [-0.25, -0.2) is 4.52 Å². The molecule has 0 aliphatic carbocycles. The second kappa shape index (κ2) is 8.12. The van der Waals surface area contributed by atoms with Crippen LogP contribution < -0.4 is 5.56 Å². The summed E-state index contributed by atoms with van der Waals surface area (Å²) in [4.78, 5) is 28.7. The van der Waals surface area contributed by atoms with Crippen LogP contribution in [0.3, 0.4) is 0 Å². The number of nitrogens with zero attached hydrogens (tertiary/aromatic N) is 5. The summed E-state index contributed by atoms with van der Waals surface area (Å²) in [7, 11) is 0. The molecule has 1 aromatic carbocycles. The molecule has 0 aliphatic heterocycles. The Kier molecular flexibility index (Phi) is 5.63. The number of hydrogen-bond acceptors (Lipinski definition) is 6. The first-order chi connectivity index (χ1) is 13.5. The standard InChI is InChI=1S/C18H16ClN5O.CO2/c1-3-13-15(11-5-7-12(19)8-6-11)17-21-20-16-14(24(17)22-13)9-10-23(4-2)18(16)25;2-1-3/h5-10H,3-4H2,1-2H3;. The van der Waals surface area contributed by atoms with Gasteiger partial charge >= 0.3 is 6.15 Å². The Morgan fingerprint density at radius 1 is 1.07 bits per heavy atom. The summed E-state index contributed by atoms with van der Waals surface area (Å²) in [5.41, 5.74) is 4.28. The zero-order valence-corrected chi connectivity index (χ0v) is 16.0. The van der Waals surface area contributed by atoms with Crippen molar-refractivity contribution in [1.29, 1.82) is 0 Å². The highest BCUT2D eigenvalue weighted by Gasteiger charge is 2.18. The number of carbonyl (C=O) groups excluding carboxylic acids is 2. The third-order valence-electron chi connectivity index (χ3n) is 4.33. The number of hydrogen-bond donors (Lipinski definition) is 0. The van der Waals surface area contributed by atoms with Crippen molar-refractivity contribution in [2.45, 2.75) is 26.8 Å². The predicted octanol–water partition coefficient (Wildman–Crippen LogP) is 2.76. The first-order valence-electron chi connectivity index (χ1n) is 8.58. The van der Waals surface area contributed by atoms with Crippen LogP contribution in [0.4, 0.5) is 0 Å². The molecule has 0 unspecified atom stereocenters. The van der Waals surface area contributed by atoms with Crippen LogP contribution in [0.1, 0.15) is 19.5 Å². The minimum atomic E-state index is -0.156. The Morgan fingerprint density at radius 3 is 2.36 bits per heavy atom. The topological polar surface area (TPSA) is 99.2 Å². The van der Waals surface area contributed by atoms with Crippen molar-refractivity contribution in [1.82, 2.24) is 24.4 Å². The van der Waals surface area contributed by atoms with E-state index in [9.17, 15) is 4.79 Å². The lowest BCUT2D eigenvalue weighted by atomic mass is 10.0. The summed E-state index contributed by atoms with van der Waals surface area (Å²) in [6.45, 7) is 4.55. The Bertz CT molecular complexity index is 1240. The largest absolute Gasteiger partial charge is 0.373 e. The fourth-order valence-electron chi connectivity index (χ4n) is 3.04. The van der Waals surface area contributed by atoms with Gasteiger partial charge in [0, 0.05) is 17.8 Å². The highest BCUT2D eigenvalue weighted by Crippen LogP contribution is 2.29. The Labute approximate surface area is 164 Å². The quantitative estimate of drug-likeness (QED) is 0.527. The monoisotopic (exact) mass is 397 g/mol. The van der Waals surface area contributed by atoms with Gasteiger partial charge in [-0.15, -0.1) is 10.2 Å². The van der Waals surface area contributed by atoms with Crippen molar-refractivity contribution in [2.75, 3.05) is 0 Å². The number of rotatable bonds is 3. The van der Waals surface area contributed by atoms with Gasteiger partial charge in [-0.3, -0.25) is 4.79 Å². The van der Waals surface area contributed by atoms with E-state index in [2.05, 4.69) is 15.3 Å². The van der Waals surface area contributed by atoms with E-state index in [1.807, 2.05) is 44.2 Å². The molecule has 142 valence electrons. The Morgan fingerprint density at radius 2 is 1.75 bits per heavy atom. The third-order valence-corrected chi connectivity index (χ3v) is 4.59. The van der Waals surface area contributed by atoms with Crippen molar-refractivity contribution in [3.05, 3.63) is 57.6 Å². The SMILES string of the molecule is CCc1nn2c(nnc3c(=O)n(CC)ccc32)c1-c1ccc(Cl)cc1.O=C=O. The zero-order chi connectivity index (χ0) is 20.3. The van der Waals surface area contributed by atoms with Gasteiger partial charge in [-0.2, -0.15) is 14.7 Å². The molecule has 3 aromatic heterocycles. The smallest absolute Gasteiger partial charge is 0.314 e. The predicted molar refractivity (Wildman–Crippen MR) is 103 cm³/mol. The van der Waals surface area contributed by atoms with Crippen molar-refractivity contribution in [3.8, 4) is 11.1 Å². The summed E-state index contributed by atoms with van der Waals surface area (Å²) in [6, 6.07) is 9.43. The molecule has 0 saturated heterocycles. The molecule has 3 heterocycles. The van der Waals surface area contributed by atoms with Crippen molar-refractivity contribution >= 4 is 34.4 Å². The molecule has 0 amide bonds. The number of aryl methyl sites for hydroxylation is 2. The van der Waals surface area contributed by atoms with Gasteiger partial charge in [-0.1, -0.05) is 30.7 Å². The normalized spacial score (nSPS) is 10.5. The summed E-state index contributed by atoms with van der Waals surface area (Å²) < 4.78 is 3.32. The third kappa shape index (κ3) is 3.31. The van der Waals surface area contributed by atoms with Gasteiger partial charge in [0.1, 0.15) is 5.52 Å². The van der Waals surface area contributed by atoms with E-state index in [0.717, 1.165) is 23.2 Å². The van der Waals surface area contributed by atoms with Crippen LogP contribution in [0, 0.1) is 0 Å². The number of fused-ring (bicyclic) bond motifs is 3. The maximum absolute atomic E-state index is 12.5. The summed E-state index contributed by atoms with van der Waals surface area (Å²) in [5, 5.41) is 13.9. The molecule has 4 rings (SSSR count). The summed E-state index contributed by atoms with van der Waals surface area (Å²) in [5.74, 6) is 0. The van der Waals surface area contributed by atoms with Crippen molar-refractivity contribution in [3.63, 3.8) is 0 Å². The minimum Gasteiger partial charge on any atom is -0.314 e. The molecule has 9 heteroatoms. The van der Waals surface area contributed by atoms with Crippen molar-refractivity contribution < 1.29 is 9.59 Å². The van der Waals surface area contributed by atoms with Crippen LogP contribution in [0.15, 0.2) is 41.3 Å². The lowest BCUT2D eigenvalue weighted by Crippen LogP contribution is -2.20. The molecule has 0 radical (unpaired) electrons. The average molecular weight is 398 g/mol. The van der Waals surface area contributed by atoms with E-state index >= 15 is 0 Å². The molecule has 4 aromatic rings. The van der Waals surface area contributed by atoms with Crippen LogP contribution in [0.2, 0.25) is 5.02 Å². The van der Waals surface area contributed by atoms with Crippen LogP contribution in [0.25, 0.3) is 27.8 Å². The van der Waals surface area contributed by atoms with Gasteiger partial charge in [0.25, 0.3) is 5.56 Å². The molecular formula is C19H16ClN5O3. The van der Waals surface area contributed by atoms with E-state index in [-0.39, 0.29) is 11.7 Å². The van der Waals surface area contributed by atoms with Gasteiger partial charge in [0.15, 0.2) is 11.2 Å². The fourth-order valence-corrected chi connectivity index (χ4v) is 3.16. The zero-order valence-electron chi connectivity index (χ0n) is 15.2. The molecular weight excluding hydrogens is 382 g/mol. The Balaban J connectivity index is 0.000000706. The molecule has 0 atom stereocenters. The first kappa shape index (κ1) is 19.4. The van der Waals surface area contributed by atoms with Gasteiger partial charge in [-0.05, 0) is 37.1 Å². The molecule has 0 aliphatic rings. The van der Waals surface area contributed by atoms with Crippen LogP contribution in [0.5, 0.6) is 0 Å². The summed E-state index contributed by atoms with van der Waals surface area (Å²) in [6.07, 6.45) is 2.76. The lowest BCUT2D eigenvalue weighted by Gasteiger charge is -2.05. The van der Waals surface area contributed by atoms with E-state index in [4.69, 9.17) is 21.2 Å². The fraction of sp³-hybridized carbons (Fsp3) is 0.211. The minimum absolute atomic E-state index is 0.156. The maximum atomic E-state index is 12.5.